The van der Waals surface area contributed by atoms with E-state index in [9.17, 15) is 0 Å². The number of H-pyrrole nitrogens is 1. The molecule has 0 atom stereocenters. The predicted octanol–water partition coefficient (Wildman–Crippen LogP) is 3.67. The van der Waals surface area contributed by atoms with E-state index >= 15 is 0 Å². The molecule has 4 aromatic rings. The number of hydrogen-bond acceptors (Lipinski definition) is 8. The summed E-state index contributed by atoms with van der Waals surface area (Å²) in [6.07, 6.45) is 2.36. The van der Waals surface area contributed by atoms with E-state index in [1.807, 2.05) is 41.0 Å². The number of nitrogens with zero attached hydrogens (tertiary/aromatic N) is 3. The lowest BCUT2D eigenvalue weighted by Crippen LogP contribution is -2.13. The Kier molecular flexibility index (Phi) is 6.74. The molecule has 0 bridgehead atoms. The Morgan fingerprint density at radius 3 is 2.33 bits per heavy atom. The number of benzene rings is 2. The molecule has 10 heteroatoms. The molecule has 2 heterocycles. The van der Waals surface area contributed by atoms with Gasteiger partial charge in [-0.15, -0.1) is 0 Å². The SMILES string of the molecule is COc1cc(CCn2cnc(=N)c3[nH]c(Sc4cc(OC)ccc4OC)nc32)cc(OC)c1. The molecule has 172 valence electrons. The maximum absolute atomic E-state index is 8.22. The number of hydrogen-bond donors (Lipinski definition) is 2. The molecule has 0 aliphatic rings. The molecule has 33 heavy (non-hydrogen) atoms. The highest BCUT2D eigenvalue weighted by atomic mass is 32.2. The zero-order valence-corrected chi connectivity index (χ0v) is 19.7. The maximum Gasteiger partial charge on any atom is 0.173 e. The van der Waals surface area contributed by atoms with E-state index in [1.54, 1.807) is 34.8 Å². The van der Waals surface area contributed by atoms with Crippen LogP contribution in [0.25, 0.3) is 11.2 Å². The van der Waals surface area contributed by atoms with Crippen LogP contribution < -0.4 is 24.4 Å². The molecule has 0 spiro atoms. The van der Waals surface area contributed by atoms with Gasteiger partial charge in [-0.25, -0.2) is 9.97 Å². The summed E-state index contributed by atoms with van der Waals surface area (Å²) in [5.41, 5.74) is 2.44. The van der Waals surface area contributed by atoms with E-state index in [0.29, 0.717) is 35.0 Å². The number of fused-ring (bicyclic) bond motifs is 1. The molecule has 9 nitrogen and oxygen atoms in total. The van der Waals surface area contributed by atoms with E-state index in [0.717, 1.165) is 27.7 Å². The number of rotatable bonds is 9. The largest absolute Gasteiger partial charge is 0.497 e. The zero-order valence-electron chi connectivity index (χ0n) is 18.8. The molecule has 0 radical (unpaired) electrons. The van der Waals surface area contributed by atoms with Crippen molar-refractivity contribution in [3.63, 3.8) is 0 Å². The van der Waals surface area contributed by atoms with Crippen LogP contribution in [0.5, 0.6) is 23.0 Å². The number of nitrogens with one attached hydrogen (secondary N) is 2. The van der Waals surface area contributed by atoms with E-state index in [-0.39, 0.29) is 5.49 Å². The van der Waals surface area contributed by atoms with Gasteiger partial charge in [-0.1, -0.05) is 0 Å². The van der Waals surface area contributed by atoms with Gasteiger partial charge < -0.3 is 28.5 Å². The van der Waals surface area contributed by atoms with Crippen molar-refractivity contribution in [1.29, 1.82) is 5.41 Å². The lowest BCUT2D eigenvalue weighted by molar-refractivity contribution is 0.393. The van der Waals surface area contributed by atoms with Gasteiger partial charge in [0.1, 0.15) is 28.5 Å². The van der Waals surface area contributed by atoms with Crippen molar-refractivity contribution in [2.24, 2.45) is 0 Å². The third-order valence-electron chi connectivity index (χ3n) is 5.13. The van der Waals surface area contributed by atoms with Crippen LogP contribution in [0.1, 0.15) is 5.56 Å². The molecular weight excluding hydrogens is 442 g/mol. The fourth-order valence-corrected chi connectivity index (χ4v) is 4.32. The molecule has 0 fully saturated rings. The number of ether oxygens (including phenoxy) is 4. The lowest BCUT2D eigenvalue weighted by atomic mass is 10.1. The number of aryl methyl sites for hydroxylation is 2. The standard InChI is InChI=1S/C23H25N5O4S/c1-29-15-5-6-18(32-4)19(12-15)33-23-26-20-21(24)25-13-28(22(20)27-23)8-7-14-9-16(30-2)11-17(10-14)31-3/h5-6,9-13,24H,7-8H2,1-4H3,(H,26,27). The van der Waals surface area contributed by atoms with Crippen LogP contribution in [0.2, 0.25) is 0 Å². The summed E-state index contributed by atoms with van der Waals surface area (Å²) in [7, 11) is 6.51. The minimum atomic E-state index is 0.140. The number of imidazole rings is 1. The summed E-state index contributed by atoms with van der Waals surface area (Å²) in [4.78, 5) is 13.0. The molecule has 0 saturated heterocycles. The molecular formula is C23H25N5O4S. The van der Waals surface area contributed by atoms with E-state index < -0.39 is 0 Å². The Hall–Kier alpha value is -3.66. The first-order chi connectivity index (χ1) is 16.0. The highest BCUT2D eigenvalue weighted by Crippen LogP contribution is 2.36. The van der Waals surface area contributed by atoms with Crippen molar-refractivity contribution in [1.82, 2.24) is 19.5 Å². The summed E-state index contributed by atoms with van der Waals surface area (Å²) in [5, 5.41) is 8.85. The molecule has 0 saturated carbocycles. The summed E-state index contributed by atoms with van der Waals surface area (Å²) < 4.78 is 23.5. The average Bonchev–Trinajstić information content (AvgIpc) is 3.28. The first kappa shape index (κ1) is 22.5. The molecule has 0 amide bonds. The highest BCUT2D eigenvalue weighted by Gasteiger charge is 2.14. The van der Waals surface area contributed by atoms with Crippen LogP contribution in [-0.2, 0) is 13.0 Å². The second kappa shape index (κ2) is 9.86. The van der Waals surface area contributed by atoms with Gasteiger partial charge in [0.15, 0.2) is 16.3 Å². The Bertz CT molecular complexity index is 1310. The summed E-state index contributed by atoms with van der Waals surface area (Å²) in [5.74, 6) is 2.92. The van der Waals surface area contributed by atoms with Gasteiger partial charge in [-0.2, -0.15) is 0 Å². The molecule has 4 rings (SSSR count). The van der Waals surface area contributed by atoms with Crippen LogP contribution in [0.15, 0.2) is 52.8 Å². The third kappa shape index (κ3) is 4.90. The molecule has 2 N–H and O–H groups in total. The fraction of sp³-hybridized carbons (Fsp3) is 0.261. The van der Waals surface area contributed by atoms with Gasteiger partial charge in [-0.05, 0) is 54.1 Å². The zero-order chi connectivity index (χ0) is 23.4. The van der Waals surface area contributed by atoms with Crippen molar-refractivity contribution in [3.05, 3.63) is 53.8 Å². The van der Waals surface area contributed by atoms with Gasteiger partial charge in [0.25, 0.3) is 0 Å². The summed E-state index contributed by atoms with van der Waals surface area (Å²) in [6, 6.07) is 11.4. The lowest BCUT2D eigenvalue weighted by Gasteiger charge is -2.10. The van der Waals surface area contributed by atoms with Crippen LogP contribution in [0.4, 0.5) is 0 Å². The Labute approximate surface area is 195 Å². The topological polar surface area (TPSA) is 107 Å². The fourth-order valence-electron chi connectivity index (χ4n) is 3.40. The van der Waals surface area contributed by atoms with Crippen LogP contribution >= 0.6 is 11.8 Å². The van der Waals surface area contributed by atoms with Crippen LogP contribution in [0, 0.1) is 5.41 Å². The van der Waals surface area contributed by atoms with Crippen molar-refractivity contribution in [2.45, 2.75) is 23.0 Å². The van der Waals surface area contributed by atoms with E-state index in [2.05, 4.69) is 9.97 Å². The van der Waals surface area contributed by atoms with Crippen molar-refractivity contribution in [3.8, 4) is 23.0 Å². The van der Waals surface area contributed by atoms with Crippen LogP contribution in [-0.4, -0.2) is 48.0 Å². The van der Waals surface area contributed by atoms with E-state index in [1.165, 1.54) is 11.8 Å². The van der Waals surface area contributed by atoms with E-state index in [4.69, 9.17) is 29.3 Å². The van der Waals surface area contributed by atoms with Crippen LogP contribution in [0.3, 0.4) is 0 Å². The minimum Gasteiger partial charge on any atom is -0.497 e. The highest BCUT2D eigenvalue weighted by molar-refractivity contribution is 7.99. The van der Waals surface area contributed by atoms with Crippen molar-refractivity contribution < 1.29 is 18.9 Å². The third-order valence-corrected chi connectivity index (χ3v) is 6.05. The molecule has 2 aromatic carbocycles. The number of methoxy groups -OCH3 is 4. The van der Waals surface area contributed by atoms with Crippen molar-refractivity contribution >= 4 is 22.9 Å². The van der Waals surface area contributed by atoms with Gasteiger partial charge in [0.05, 0.1) is 39.7 Å². The van der Waals surface area contributed by atoms with Gasteiger partial charge in [0, 0.05) is 12.6 Å². The summed E-state index contributed by atoms with van der Waals surface area (Å²) in [6.45, 7) is 0.623. The second-order valence-electron chi connectivity index (χ2n) is 7.12. The minimum absolute atomic E-state index is 0.140. The van der Waals surface area contributed by atoms with Gasteiger partial charge in [-0.3, -0.25) is 5.41 Å². The summed E-state index contributed by atoms with van der Waals surface area (Å²) >= 11 is 1.41. The number of aromatic nitrogens is 4. The molecule has 0 aliphatic heterocycles. The smallest absolute Gasteiger partial charge is 0.173 e. The molecule has 0 aliphatic carbocycles. The average molecular weight is 468 g/mol. The monoisotopic (exact) mass is 467 g/mol. The van der Waals surface area contributed by atoms with Gasteiger partial charge in [0.2, 0.25) is 0 Å². The molecule has 2 aromatic heterocycles. The quantitative estimate of drug-likeness (QED) is 0.387. The molecule has 0 unspecified atom stereocenters. The Balaban J connectivity index is 1.63. The number of aromatic amines is 1. The van der Waals surface area contributed by atoms with Gasteiger partial charge >= 0.3 is 0 Å². The normalized spacial score (nSPS) is 10.9. The van der Waals surface area contributed by atoms with Crippen molar-refractivity contribution in [2.75, 3.05) is 28.4 Å². The first-order valence-electron chi connectivity index (χ1n) is 10.2. The Morgan fingerprint density at radius 2 is 1.67 bits per heavy atom. The second-order valence-corrected chi connectivity index (χ2v) is 8.15. The predicted molar refractivity (Wildman–Crippen MR) is 125 cm³/mol. The maximum atomic E-state index is 8.22. The first-order valence-corrected chi connectivity index (χ1v) is 11.0. The Morgan fingerprint density at radius 1 is 0.939 bits per heavy atom.